The number of benzene rings is 2. The van der Waals surface area contributed by atoms with Crippen molar-refractivity contribution in [2.75, 3.05) is 6.54 Å². The molecule has 1 fully saturated rings. The molecule has 2 aromatic rings. The zero-order valence-electron chi connectivity index (χ0n) is 17.0. The third-order valence-corrected chi connectivity index (χ3v) is 5.33. The molecule has 2 aromatic carbocycles. The number of nitrogens with one attached hydrogen (secondary N) is 1. The first-order chi connectivity index (χ1) is 13.3. The van der Waals surface area contributed by atoms with Gasteiger partial charge in [0.05, 0.1) is 0 Å². The Bertz CT molecular complexity index is 729. The lowest BCUT2D eigenvalue weighted by atomic mass is 9.96. The average molecular weight is 363 g/mol. The Labute approximate surface area is 165 Å². The van der Waals surface area contributed by atoms with Crippen LogP contribution in [-0.2, 0) is 13.0 Å². The van der Waals surface area contributed by atoms with Crippen LogP contribution in [0.25, 0.3) is 0 Å². The van der Waals surface area contributed by atoms with E-state index in [1.165, 1.54) is 60.1 Å². The van der Waals surface area contributed by atoms with E-state index >= 15 is 0 Å². The van der Waals surface area contributed by atoms with Crippen molar-refractivity contribution in [3.05, 3.63) is 70.8 Å². The second kappa shape index (κ2) is 10.4. The molecule has 2 heteroatoms. The molecule has 2 nitrogen and oxygen atoms in total. The Morgan fingerprint density at radius 1 is 1.04 bits per heavy atom. The molecule has 0 bridgehead atoms. The molecule has 27 heavy (non-hydrogen) atoms. The van der Waals surface area contributed by atoms with Crippen LogP contribution in [-0.4, -0.2) is 18.3 Å². The number of hydrogen-bond acceptors (Lipinski definition) is 2. The van der Waals surface area contributed by atoms with Crippen molar-refractivity contribution in [3.8, 4) is 0 Å². The molecule has 0 unspecified atom stereocenters. The first-order valence-electron chi connectivity index (χ1n) is 10.7. The van der Waals surface area contributed by atoms with Gasteiger partial charge in [-0.15, -0.1) is 0 Å². The third-order valence-electron chi connectivity index (χ3n) is 5.33. The summed E-state index contributed by atoms with van der Waals surface area (Å²) in [7, 11) is 0. The Balaban J connectivity index is 1.69. The second-order valence-corrected chi connectivity index (χ2v) is 7.83. The van der Waals surface area contributed by atoms with Gasteiger partial charge in [-0.05, 0) is 61.3 Å². The van der Waals surface area contributed by atoms with Crippen LogP contribution in [0.15, 0.2) is 53.5 Å². The summed E-state index contributed by atoms with van der Waals surface area (Å²) < 4.78 is 0. The van der Waals surface area contributed by atoms with Crippen LogP contribution < -0.4 is 5.32 Å². The molecular weight excluding hydrogens is 328 g/mol. The van der Waals surface area contributed by atoms with Gasteiger partial charge in [-0.2, -0.15) is 0 Å². The fourth-order valence-corrected chi connectivity index (χ4v) is 3.49. The van der Waals surface area contributed by atoms with Gasteiger partial charge in [-0.25, -0.2) is 0 Å². The number of rotatable bonds is 11. The van der Waals surface area contributed by atoms with Crippen LogP contribution >= 0.6 is 0 Å². The third kappa shape index (κ3) is 6.62. The van der Waals surface area contributed by atoms with E-state index in [0.717, 1.165) is 32.0 Å². The maximum Gasteiger partial charge on any atom is 0.0426 e. The highest BCUT2D eigenvalue weighted by molar-refractivity contribution is 6.02. The van der Waals surface area contributed by atoms with Crippen LogP contribution in [0.1, 0.15) is 67.7 Å². The summed E-state index contributed by atoms with van der Waals surface area (Å²) in [4.78, 5) is 5.02. The molecule has 3 rings (SSSR count). The molecule has 0 atom stereocenters. The summed E-state index contributed by atoms with van der Waals surface area (Å²) in [5.41, 5.74) is 6.73. The Morgan fingerprint density at radius 2 is 1.85 bits per heavy atom. The van der Waals surface area contributed by atoms with E-state index in [4.69, 9.17) is 4.99 Å². The van der Waals surface area contributed by atoms with E-state index in [2.05, 4.69) is 67.7 Å². The molecule has 0 amide bonds. The van der Waals surface area contributed by atoms with Crippen molar-refractivity contribution in [1.29, 1.82) is 0 Å². The van der Waals surface area contributed by atoms with Crippen molar-refractivity contribution in [2.45, 2.75) is 71.4 Å². The highest BCUT2D eigenvalue weighted by Gasteiger charge is 2.20. The van der Waals surface area contributed by atoms with E-state index in [9.17, 15) is 0 Å². The largest absolute Gasteiger partial charge is 0.310 e. The molecule has 0 heterocycles. The van der Waals surface area contributed by atoms with Gasteiger partial charge >= 0.3 is 0 Å². The van der Waals surface area contributed by atoms with Crippen molar-refractivity contribution in [1.82, 2.24) is 5.32 Å². The number of nitrogens with zero attached hydrogens (tertiary/aromatic N) is 1. The molecule has 1 aliphatic carbocycles. The van der Waals surface area contributed by atoms with Gasteiger partial charge in [0.2, 0.25) is 0 Å². The molecule has 0 aromatic heterocycles. The van der Waals surface area contributed by atoms with Gasteiger partial charge in [0.15, 0.2) is 0 Å². The van der Waals surface area contributed by atoms with Gasteiger partial charge in [0, 0.05) is 24.8 Å². The van der Waals surface area contributed by atoms with Gasteiger partial charge in [-0.3, -0.25) is 4.99 Å². The zero-order chi connectivity index (χ0) is 18.9. The van der Waals surface area contributed by atoms with Gasteiger partial charge in [0.25, 0.3) is 0 Å². The van der Waals surface area contributed by atoms with Crippen LogP contribution in [0.3, 0.4) is 0 Å². The molecule has 1 N–H and O–H groups in total. The van der Waals surface area contributed by atoms with E-state index < -0.39 is 0 Å². The lowest BCUT2D eigenvalue weighted by Crippen LogP contribution is -2.15. The average Bonchev–Trinajstić information content (AvgIpc) is 3.52. The second-order valence-electron chi connectivity index (χ2n) is 7.83. The molecular formula is C25H34N2. The van der Waals surface area contributed by atoms with E-state index in [-0.39, 0.29) is 0 Å². The number of unbranched alkanes of at least 4 members (excludes halogenated alkanes) is 2. The van der Waals surface area contributed by atoms with Gasteiger partial charge < -0.3 is 5.32 Å². The summed E-state index contributed by atoms with van der Waals surface area (Å²) in [5, 5.41) is 3.61. The van der Waals surface area contributed by atoms with Crippen molar-refractivity contribution < 1.29 is 0 Å². The SMILES string of the molecule is CCCCC/N=C(/CCc1ccccc1)c1ccc(CNC2CC2)cc1C. The molecule has 0 saturated heterocycles. The standard InChI is InChI=1S/C25H34N2/c1-3-4-8-17-26-25(16-12-21-9-6-5-7-10-21)24-15-11-22(18-20(24)2)19-27-23-13-14-23/h5-7,9-11,15,18,23,27H,3-4,8,12-14,16-17,19H2,1-2H3/b26-25-. The first-order valence-corrected chi connectivity index (χ1v) is 10.7. The summed E-state index contributed by atoms with van der Waals surface area (Å²) in [6, 6.07) is 18.4. The predicted molar refractivity (Wildman–Crippen MR) is 117 cm³/mol. The van der Waals surface area contributed by atoms with Crippen LogP contribution in [0.5, 0.6) is 0 Å². The fourth-order valence-electron chi connectivity index (χ4n) is 3.49. The molecule has 0 radical (unpaired) electrons. The molecule has 0 spiro atoms. The van der Waals surface area contributed by atoms with Gasteiger partial charge in [0.1, 0.15) is 0 Å². The predicted octanol–water partition coefficient (Wildman–Crippen LogP) is 5.86. The highest BCUT2D eigenvalue weighted by atomic mass is 14.9. The van der Waals surface area contributed by atoms with Gasteiger partial charge in [-0.1, -0.05) is 68.3 Å². The molecule has 1 saturated carbocycles. The number of hydrogen-bond donors (Lipinski definition) is 1. The maximum atomic E-state index is 5.02. The summed E-state index contributed by atoms with van der Waals surface area (Å²) >= 11 is 0. The Kier molecular flexibility index (Phi) is 7.65. The van der Waals surface area contributed by atoms with Crippen molar-refractivity contribution in [3.63, 3.8) is 0 Å². The highest BCUT2D eigenvalue weighted by Crippen LogP contribution is 2.21. The Morgan fingerprint density at radius 3 is 2.56 bits per heavy atom. The van der Waals surface area contributed by atoms with Crippen LogP contribution in [0.4, 0.5) is 0 Å². The quantitative estimate of drug-likeness (QED) is 0.393. The molecule has 144 valence electrons. The molecule has 0 aliphatic heterocycles. The normalized spacial score (nSPS) is 14.5. The minimum atomic E-state index is 0.756. The number of aliphatic imine (C=N–C) groups is 1. The minimum absolute atomic E-state index is 0.756. The Hall–Kier alpha value is -1.93. The van der Waals surface area contributed by atoms with E-state index in [1.54, 1.807) is 0 Å². The molecule has 1 aliphatic rings. The van der Waals surface area contributed by atoms with Crippen molar-refractivity contribution in [2.24, 2.45) is 4.99 Å². The minimum Gasteiger partial charge on any atom is -0.310 e. The fraction of sp³-hybridized carbons (Fsp3) is 0.480. The van der Waals surface area contributed by atoms with E-state index in [0.29, 0.717) is 0 Å². The lowest BCUT2D eigenvalue weighted by Gasteiger charge is -2.13. The lowest BCUT2D eigenvalue weighted by molar-refractivity contribution is 0.687. The van der Waals surface area contributed by atoms with Crippen LogP contribution in [0.2, 0.25) is 0 Å². The summed E-state index contributed by atoms with van der Waals surface area (Å²) in [6.07, 6.45) is 8.44. The number of aryl methyl sites for hydroxylation is 2. The smallest absolute Gasteiger partial charge is 0.0426 e. The zero-order valence-corrected chi connectivity index (χ0v) is 17.0. The maximum absolute atomic E-state index is 5.02. The topological polar surface area (TPSA) is 24.4 Å². The van der Waals surface area contributed by atoms with Crippen LogP contribution in [0, 0.1) is 6.92 Å². The summed E-state index contributed by atoms with van der Waals surface area (Å²) in [5.74, 6) is 0. The summed E-state index contributed by atoms with van der Waals surface area (Å²) in [6.45, 7) is 6.42. The van der Waals surface area contributed by atoms with E-state index in [1.807, 2.05) is 0 Å². The first kappa shape index (κ1) is 19.8. The monoisotopic (exact) mass is 362 g/mol. The van der Waals surface area contributed by atoms with Crippen molar-refractivity contribution >= 4 is 5.71 Å².